The third kappa shape index (κ3) is 3.90. The van der Waals surface area contributed by atoms with E-state index in [2.05, 4.69) is 15.1 Å². The van der Waals surface area contributed by atoms with E-state index in [9.17, 15) is 9.90 Å². The molecule has 3 aromatic rings. The van der Waals surface area contributed by atoms with Gasteiger partial charge in [0.2, 0.25) is 11.9 Å². The smallest absolute Gasteiger partial charge is 0.229 e. The summed E-state index contributed by atoms with van der Waals surface area (Å²) in [6.45, 7) is 14.9. The van der Waals surface area contributed by atoms with E-state index in [-0.39, 0.29) is 17.9 Å². The summed E-state index contributed by atoms with van der Waals surface area (Å²) in [6.07, 6.45) is -0.0995. The van der Waals surface area contributed by atoms with E-state index in [0.29, 0.717) is 22.7 Å². The number of aromatic nitrogens is 2. The summed E-state index contributed by atoms with van der Waals surface area (Å²) < 4.78 is 1.91. The minimum Gasteiger partial charge on any atom is -0.385 e. The number of benzene rings is 2. The number of carbonyl (C=O) groups excluding carboxylic acids is 1. The van der Waals surface area contributed by atoms with Crippen molar-refractivity contribution in [1.29, 1.82) is 0 Å². The van der Waals surface area contributed by atoms with Gasteiger partial charge in [-0.3, -0.25) is 10.1 Å². The SMILES string of the molecule is [C-]#[N+]c1ccc2nc(NC(=O)C[C@](C)(O)c3ccccc3)n(C(C)(C)C)c2c1. The van der Waals surface area contributed by atoms with Gasteiger partial charge >= 0.3 is 0 Å². The van der Waals surface area contributed by atoms with Crippen LogP contribution in [0.2, 0.25) is 0 Å². The molecule has 0 unspecified atom stereocenters. The molecule has 1 atom stereocenters. The van der Waals surface area contributed by atoms with Crippen molar-refractivity contribution >= 4 is 28.6 Å². The van der Waals surface area contributed by atoms with Gasteiger partial charge < -0.3 is 9.67 Å². The lowest BCUT2D eigenvalue weighted by Gasteiger charge is -2.26. The first-order valence-electron chi connectivity index (χ1n) is 9.10. The third-order valence-corrected chi connectivity index (χ3v) is 4.59. The summed E-state index contributed by atoms with van der Waals surface area (Å²) >= 11 is 0. The Morgan fingerprint density at radius 3 is 2.46 bits per heavy atom. The van der Waals surface area contributed by atoms with Gasteiger partial charge in [0.05, 0.1) is 29.6 Å². The molecule has 144 valence electrons. The number of rotatable bonds is 4. The van der Waals surface area contributed by atoms with E-state index in [1.807, 2.05) is 43.5 Å². The van der Waals surface area contributed by atoms with Gasteiger partial charge in [0.15, 0.2) is 5.69 Å². The van der Waals surface area contributed by atoms with E-state index < -0.39 is 5.60 Å². The van der Waals surface area contributed by atoms with Gasteiger partial charge in [-0.15, -0.1) is 0 Å². The van der Waals surface area contributed by atoms with Crippen molar-refractivity contribution < 1.29 is 9.90 Å². The minimum atomic E-state index is -1.29. The van der Waals surface area contributed by atoms with Crippen molar-refractivity contribution in [3.05, 3.63) is 65.5 Å². The topological polar surface area (TPSA) is 71.5 Å². The first kappa shape index (κ1) is 19.6. The predicted octanol–water partition coefficient (Wildman–Crippen LogP) is 4.58. The van der Waals surface area contributed by atoms with Crippen LogP contribution in [-0.4, -0.2) is 20.6 Å². The molecule has 0 aliphatic rings. The van der Waals surface area contributed by atoms with Crippen LogP contribution in [0, 0.1) is 6.57 Å². The predicted molar refractivity (Wildman–Crippen MR) is 110 cm³/mol. The number of imidazole rings is 1. The summed E-state index contributed by atoms with van der Waals surface area (Å²) in [5.41, 5.74) is 1.03. The zero-order chi connectivity index (χ0) is 20.5. The van der Waals surface area contributed by atoms with Crippen molar-refractivity contribution in [1.82, 2.24) is 9.55 Å². The molecule has 1 aromatic heterocycles. The maximum absolute atomic E-state index is 12.7. The standard InChI is InChI=1S/C22H24N4O2/c1-21(2,3)26-18-13-16(23-5)11-12-17(18)24-20(26)25-19(27)14-22(4,28)15-9-7-6-8-10-15/h6-13,28H,14H2,1-4H3,(H,24,25,27)/t22-/m0/s1. The van der Waals surface area contributed by atoms with Crippen LogP contribution in [-0.2, 0) is 15.9 Å². The summed E-state index contributed by atoms with van der Waals surface area (Å²) in [5.74, 6) is 0.0681. The average Bonchev–Trinajstić information content (AvgIpc) is 2.98. The number of nitrogens with zero attached hydrogens (tertiary/aromatic N) is 3. The number of carbonyl (C=O) groups is 1. The normalized spacial score (nSPS) is 13.7. The first-order chi connectivity index (χ1) is 13.1. The molecule has 0 fully saturated rings. The Hall–Kier alpha value is -3.17. The number of hydrogen-bond acceptors (Lipinski definition) is 3. The fraction of sp³-hybridized carbons (Fsp3) is 0.318. The van der Waals surface area contributed by atoms with Crippen LogP contribution >= 0.6 is 0 Å². The Morgan fingerprint density at radius 1 is 1.18 bits per heavy atom. The maximum Gasteiger partial charge on any atom is 0.229 e. The zero-order valence-corrected chi connectivity index (χ0v) is 16.5. The number of aliphatic hydroxyl groups is 1. The third-order valence-electron chi connectivity index (χ3n) is 4.59. The summed E-state index contributed by atoms with van der Waals surface area (Å²) in [7, 11) is 0. The van der Waals surface area contributed by atoms with Crippen molar-refractivity contribution in [2.45, 2.75) is 45.3 Å². The quantitative estimate of drug-likeness (QED) is 0.655. The molecule has 6 nitrogen and oxygen atoms in total. The number of amides is 1. The largest absolute Gasteiger partial charge is 0.385 e. The molecule has 1 heterocycles. The zero-order valence-electron chi connectivity index (χ0n) is 16.5. The molecule has 6 heteroatoms. The molecular weight excluding hydrogens is 352 g/mol. The fourth-order valence-electron chi connectivity index (χ4n) is 3.28. The molecule has 0 saturated carbocycles. The Labute approximate surface area is 164 Å². The van der Waals surface area contributed by atoms with E-state index in [1.54, 1.807) is 37.3 Å². The molecular formula is C22H24N4O2. The van der Waals surface area contributed by atoms with Crippen molar-refractivity contribution in [2.24, 2.45) is 0 Å². The monoisotopic (exact) mass is 376 g/mol. The molecule has 0 spiro atoms. The van der Waals surface area contributed by atoms with Crippen molar-refractivity contribution in [3.63, 3.8) is 0 Å². The van der Waals surface area contributed by atoms with Crippen LogP contribution in [0.15, 0.2) is 48.5 Å². The Balaban J connectivity index is 1.94. The molecule has 0 radical (unpaired) electrons. The second-order valence-electron chi connectivity index (χ2n) is 8.09. The molecule has 3 rings (SSSR count). The van der Waals surface area contributed by atoms with E-state index >= 15 is 0 Å². The minimum absolute atomic E-state index is 0.0995. The molecule has 28 heavy (non-hydrogen) atoms. The van der Waals surface area contributed by atoms with Crippen molar-refractivity contribution in [2.75, 3.05) is 5.32 Å². The molecule has 2 N–H and O–H groups in total. The van der Waals surface area contributed by atoms with Crippen LogP contribution in [0.3, 0.4) is 0 Å². The highest BCUT2D eigenvalue weighted by atomic mass is 16.3. The second kappa shape index (κ2) is 7.10. The van der Waals surface area contributed by atoms with Crippen LogP contribution in [0.4, 0.5) is 11.6 Å². The average molecular weight is 376 g/mol. The lowest BCUT2D eigenvalue weighted by molar-refractivity contribution is -0.120. The van der Waals surface area contributed by atoms with Crippen LogP contribution in [0.25, 0.3) is 15.9 Å². The number of nitrogens with one attached hydrogen (secondary N) is 1. The van der Waals surface area contributed by atoms with Gasteiger partial charge in [0, 0.05) is 5.54 Å². The molecule has 0 saturated heterocycles. The Morgan fingerprint density at radius 2 is 1.86 bits per heavy atom. The number of anilines is 1. The van der Waals surface area contributed by atoms with Gasteiger partial charge in [0.25, 0.3) is 0 Å². The number of hydrogen-bond donors (Lipinski definition) is 2. The highest BCUT2D eigenvalue weighted by Gasteiger charge is 2.28. The summed E-state index contributed by atoms with van der Waals surface area (Å²) in [6, 6.07) is 14.4. The van der Waals surface area contributed by atoms with Crippen LogP contribution in [0.5, 0.6) is 0 Å². The summed E-state index contributed by atoms with van der Waals surface area (Å²) in [5, 5.41) is 13.6. The Kier molecular flexibility index (Phi) is 4.97. The fourth-order valence-corrected chi connectivity index (χ4v) is 3.28. The molecule has 0 bridgehead atoms. The first-order valence-corrected chi connectivity index (χ1v) is 9.10. The van der Waals surface area contributed by atoms with Crippen LogP contribution in [0.1, 0.15) is 39.7 Å². The van der Waals surface area contributed by atoms with E-state index in [4.69, 9.17) is 6.57 Å². The highest BCUT2D eigenvalue weighted by molar-refractivity contribution is 5.93. The Bertz CT molecular complexity index is 1050. The van der Waals surface area contributed by atoms with Gasteiger partial charge in [-0.1, -0.05) is 36.4 Å². The van der Waals surface area contributed by atoms with Gasteiger partial charge in [0.1, 0.15) is 0 Å². The molecule has 0 aliphatic heterocycles. The summed E-state index contributed by atoms with van der Waals surface area (Å²) in [4.78, 5) is 20.7. The van der Waals surface area contributed by atoms with Gasteiger partial charge in [-0.25, -0.2) is 9.83 Å². The lowest BCUT2D eigenvalue weighted by Crippen LogP contribution is -2.31. The van der Waals surface area contributed by atoms with E-state index in [0.717, 1.165) is 5.52 Å². The van der Waals surface area contributed by atoms with Crippen molar-refractivity contribution in [3.8, 4) is 0 Å². The highest BCUT2D eigenvalue weighted by Crippen LogP contribution is 2.31. The molecule has 0 aliphatic carbocycles. The molecule has 2 aromatic carbocycles. The maximum atomic E-state index is 12.7. The molecule has 1 amide bonds. The van der Waals surface area contributed by atoms with E-state index in [1.165, 1.54) is 0 Å². The second-order valence-corrected chi connectivity index (χ2v) is 8.09. The lowest BCUT2D eigenvalue weighted by atomic mass is 9.92. The number of fused-ring (bicyclic) bond motifs is 1. The van der Waals surface area contributed by atoms with Gasteiger partial charge in [-0.2, -0.15) is 0 Å². The van der Waals surface area contributed by atoms with Gasteiger partial charge in [-0.05, 0) is 45.4 Å². The van der Waals surface area contributed by atoms with Crippen LogP contribution < -0.4 is 5.32 Å².